The van der Waals surface area contributed by atoms with E-state index >= 15 is 0 Å². The fourth-order valence-corrected chi connectivity index (χ4v) is 2.31. The first-order valence-corrected chi connectivity index (χ1v) is 5.05. The van der Waals surface area contributed by atoms with Crippen LogP contribution in [0.3, 0.4) is 0 Å². The molecule has 78 valence electrons. The number of aromatic nitrogens is 2. The van der Waals surface area contributed by atoms with E-state index in [1.807, 2.05) is 0 Å². The second-order valence-electron chi connectivity index (χ2n) is 4.16. The molecule has 1 aliphatic carbocycles. The highest BCUT2D eigenvalue weighted by Crippen LogP contribution is 2.39. The van der Waals surface area contributed by atoms with E-state index < -0.39 is 5.67 Å². The van der Waals surface area contributed by atoms with Crippen LogP contribution in [0.25, 0.3) is 0 Å². The summed E-state index contributed by atoms with van der Waals surface area (Å²) in [5.41, 5.74) is 5.20. The molecule has 0 bridgehead atoms. The van der Waals surface area contributed by atoms with Gasteiger partial charge >= 0.3 is 0 Å². The summed E-state index contributed by atoms with van der Waals surface area (Å²) >= 11 is 0. The van der Waals surface area contributed by atoms with Crippen molar-refractivity contribution in [3.05, 3.63) is 18.0 Å². The maximum atomic E-state index is 14.5. The lowest BCUT2D eigenvalue weighted by Crippen LogP contribution is -2.37. The normalized spacial score (nSPS) is 33.2. The van der Waals surface area contributed by atoms with Crippen LogP contribution in [0.2, 0.25) is 0 Å². The monoisotopic (exact) mass is 197 g/mol. The summed E-state index contributed by atoms with van der Waals surface area (Å²) in [7, 11) is 1.77. The summed E-state index contributed by atoms with van der Waals surface area (Å²) in [5.74, 6) is 0. The number of rotatable bonds is 1. The molecule has 2 atom stereocenters. The third-order valence-electron chi connectivity index (χ3n) is 3.01. The zero-order valence-corrected chi connectivity index (χ0v) is 8.41. The third kappa shape index (κ3) is 1.54. The quantitative estimate of drug-likeness (QED) is 0.741. The molecule has 2 N–H and O–H groups in total. The summed E-state index contributed by atoms with van der Waals surface area (Å²) in [5, 5.41) is 4.00. The van der Waals surface area contributed by atoms with E-state index in [2.05, 4.69) is 5.10 Å². The Morgan fingerprint density at radius 2 is 2.50 bits per heavy atom. The third-order valence-corrected chi connectivity index (χ3v) is 3.01. The topological polar surface area (TPSA) is 43.8 Å². The highest BCUT2D eigenvalue weighted by atomic mass is 19.1. The zero-order valence-electron chi connectivity index (χ0n) is 8.41. The highest BCUT2D eigenvalue weighted by molar-refractivity contribution is 5.13. The van der Waals surface area contributed by atoms with Gasteiger partial charge in [0.1, 0.15) is 0 Å². The van der Waals surface area contributed by atoms with Crippen molar-refractivity contribution in [3.8, 4) is 0 Å². The second kappa shape index (κ2) is 3.35. The van der Waals surface area contributed by atoms with Crippen molar-refractivity contribution in [2.24, 2.45) is 12.8 Å². The predicted octanol–water partition coefficient (Wildman–Crippen LogP) is 1.49. The molecule has 1 saturated carbocycles. The summed E-state index contributed by atoms with van der Waals surface area (Å²) in [6.45, 7) is 0. The van der Waals surface area contributed by atoms with E-state index in [9.17, 15) is 4.39 Å². The van der Waals surface area contributed by atoms with Crippen molar-refractivity contribution in [3.63, 3.8) is 0 Å². The van der Waals surface area contributed by atoms with Gasteiger partial charge in [-0.2, -0.15) is 5.10 Å². The van der Waals surface area contributed by atoms with Crippen LogP contribution in [-0.2, 0) is 12.7 Å². The van der Waals surface area contributed by atoms with E-state index in [4.69, 9.17) is 5.73 Å². The Labute approximate surface area is 83.1 Å². The van der Waals surface area contributed by atoms with Crippen LogP contribution in [-0.4, -0.2) is 15.8 Å². The Morgan fingerprint density at radius 1 is 1.71 bits per heavy atom. The van der Waals surface area contributed by atoms with Crippen molar-refractivity contribution >= 4 is 0 Å². The largest absolute Gasteiger partial charge is 0.328 e. The molecule has 0 radical (unpaired) electrons. The van der Waals surface area contributed by atoms with Gasteiger partial charge in [0, 0.05) is 25.7 Å². The van der Waals surface area contributed by atoms with Gasteiger partial charge < -0.3 is 5.73 Å². The van der Waals surface area contributed by atoms with Gasteiger partial charge in [-0.05, 0) is 25.3 Å². The molecule has 0 amide bonds. The molecular weight excluding hydrogens is 181 g/mol. The molecule has 14 heavy (non-hydrogen) atoms. The summed E-state index contributed by atoms with van der Waals surface area (Å²) in [4.78, 5) is 0. The minimum absolute atomic E-state index is 0.0105. The Bertz CT molecular complexity index is 323. The number of nitrogens with zero attached hydrogens (tertiary/aromatic N) is 2. The molecule has 4 heteroatoms. The van der Waals surface area contributed by atoms with Crippen LogP contribution in [0.4, 0.5) is 4.39 Å². The molecule has 1 fully saturated rings. The van der Waals surface area contributed by atoms with Gasteiger partial charge in [0.25, 0.3) is 0 Å². The van der Waals surface area contributed by atoms with Crippen LogP contribution >= 0.6 is 0 Å². The lowest BCUT2D eigenvalue weighted by molar-refractivity contribution is 0.0853. The van der Waals surface area contributed by atoms with Crippen LogP contribution in [0.5, 0.6) is 0 Å². The van der Waals surface area contributed by atoms with E-state index in [-0.39, 0.29) is 6.04 Å². The fourth-order valence-electron chi connectivity index (χ4n) is 2.31. The van der Waals surface area contributed by atoms with Crippen LogP contribution in [0.1, 0.15) is 31.4 Å². The van der Waals surface area contributed by atoms with Gasteiger partial charge in [0.2, 0.25) is 0 Å². The van der Waals surface area contributed by atoms with Crippen molar-refractivity contribution in [1.29, 1.82) is 0 Å². The second-order valence-corrected chi connectivity index (χ2v) is 4.16. The van der Waals surface area contributed by atoms with Crippen molar-refractivity contribution < 1.29 is 4.39 Å². The SMILES string of the molecule is Cn1nccc1C1(F)CCCC(N)C1. The van der Waals surface area contributed by atoms with Crippen molar-refractivity contribution in [1.82, 2.24) is 9.78 Å². The molecule has 1 aromatic rings. The summed E-state index contributed by atoms with van der Waals surface area (Å²) in [6, 6.07) is 1.74. The number of halogens is 1. The molecule has 2 rings (SSSR count). The van der Waals surface area contributed by atoms with Gasteiger partial charge in [0.05, 0.1) is 5.69 Å². The Hall–Kier alpha value is -0.900. The van der Waals surface area contributed by atoms with E-state index in [1.54, 1.807) is 24.0 Å². The van der Waals surface area contributed by atoms with Gasteiger partial charge in [-0.25, -0.2) is 4.39 Å². The molecule has 1 aliphatic rings. The van der Waals surface area contributed by atoms with Gasteiger partial charge in [-0.15, -0.1) is 0 Å². The molecule has 0 aliphatic heterocycles. The predicted molar refractivity (Wildman–Crippen MR) is 52.4 cm³/mol. The molecule has 0 spiro atoms. The summed E-state index contributed by atoms with van der Waals surface area (Å²) in [6.07, 6.45) is 4.43. The van der Waals surface area contributed by atoms with E-state index in [0.717, 1.165) is 12.8 Å². The first-order valence-electron chi connectivity index (χ1n) is 5.05. The Kier molecular flexibility index (Phi) is 2.31. The molecule has 3 nitrogen and oxygen atoms in total. The lowest BCUT2D eigenvalue weighted by atomic mass is 9.81. The minimum Gasteiger partial charge on any atom is -0.328 e. The Morgan fingerprint density at radius 3 is 3.07 bits per heavy atom. The number of hydrogen-bond donors (Lipinski definition) is 1. The van der Waals surface area contributed by atoms with E-state index in [0.29, 0.717) is 18.5 Å². The molecule has 1 heterocycles. The van der Waals surface area contributed by atoms with E-state index in [1.165, 1.54) is 0 Å². The molecule has 0 saturated heterocycles. The van der Waals surface area contributed by atoms with Crippen LogP contribution in [0, 0.1) is 0 Å². The first kappa shape index (κ1) is 9.65. The summed E-state index contributed by atoms with van der Waals surface area (Å²) < 4.78 is 16.1. The number of aryl methyl sites for hydroxylation is 1. The van der Waals surface area contributed by atoms with Gasteiger partial charge in [-0.1, -0.05) is 0 Å². The zero-order chi connectivity index (χ0) is 10.2. The number of hydrogen-bond acceptors (Lipinski definition) is 2. The average molecular weight is 197 g/mol. The number of nitrogens with two attached hydrogens (primary N) is 1. The molecule has 1 aromatic heterocycles. The number of alkyl halides is 1. The standard InChI is InChI=1S/C10H16FN3/c1-14-9(4-6-13-14)10(11)5-2-3-8(12)7-10/h4,6,8H,2-3,5,7,12H2,1H3. The minimum atomic E-state index is -1.26. The fraction of sp³-hybridized carbons (Fsp3) is 0.700. The lowest BCUT2D eigenvalue weighted by Gasteiger charge is -2.32. The van der Waals surface area contributed by atoms with Crippen molar-refractivity contribution in [2.75, 3.05) is 0 Å². The van der Waals surface area contributed by atoms with Crippen molar-refractivity contribution in [2.45, 2.75) is 37.4 Å². The Balaban J connectivity index is 2.27. The molecule has 0 aromatic carbocycles. The maximum absolute atomic E-state index is 14.5. The van der Waals surface area contributed by atoms with Crippen LogP contribution in [0.15, 0.2) is 12.3 Å². The molecule has 2 unspecified atom stereocenters. The highest BCUT2D eigenvalue weighted by Gasteiger charge is 2.38. The molecular formula is C10H16FN3. The maximum Gasteiger partial charge on any atom is 0.153 e. The average Bonchev–Trinajstić information content (AvgIpc) is 2.51. The first-order chi connectivity index (χ1) is 6.62. The smallest absolute Gasteiger partial charge is 0.153 e. The van der Waals surface area contributed by atoms with Gasteiger partial charge in [0.15, 0.2) is 5.67 Å². The van der Waals surface area contributed by atoms with Crippen LogP contribution < -0.4 is 5.73 Å². The van der Waals surface area contributed by atoms with Gasteiger partial charge in [-0.3, -0.25) is 4.68 Å².